The molecule has 17 heavy (non-hydrogen) atoms. The summed E-state index contributed by atoms with van der Waals surface area (Å²) in [5.41, 5.74) is 2.00. The molecular formula is C13H18Cl2N2. The van der Waals surface area contributed by atoms with Crippen LogP contribution in [-0.2, 0) is 0 Å². The molecule has 0 radical (unpaired) electrons. The van der Waals surface area contributed by atoms with Gasteiger partial charge in [0.15, 0.2) is 5.15 Å². The van der Waals surface area contributed by atoms with Crippen molar-refractivity contribution in [3.05, 3.63) is 21.9 Å². The molecule has 1 aliphatic rings. The quantitative estimate of drug-likeness (QED) is 0.791. The van der Waals surface area contributed by atoms with E-state index < -0.39 is 0 Å². The number of aromatic nitrogens is 1. The topological polar surface area (TPSA) is 24.9 Å². The number of nitrogens with one attached hydrogen (secondary N) is 1. The molecule has 4 heteroatoms. The maximum atomic E-state index is 6.12. The van der Waals surface area contributed by atoms with Gasteiger partial charge in [0.25, 0.3) is 0 Å². The van der Waals surface area contributed by atoms with E-state index in [1.54, 1.807) is 0 Å². The first-order chi connectivity index (χ1) is 8.06. The Bertz CT molecular complexity index is 375. The first-order valence-electron chi connectivity index (χ1n) is 6.15. The summed E-state index contributed by atoms with van der Waals surface area (Å²) >= 11 is 12.0. The van der Waals surface area contributed by atoms with Gasteiger partial charge in [-0.05, 0) is 50.2 Å². The van der Waals surface area contributed by atoms with Crippen molar-refractivity contribution >= 4 is 28.9 Å². The van der Waals surface area contributed by atoms with Crippen molar-refractivity contribution in [3.63, 3.8) is 0 Å². The second-order valence-corrected chi connectivity index (χ2v) is 5.77. The molecule has 1 heterocycles. The van der Waals surface area contributed by atoms with Crippen molar-refractivity contribution in [3.8, 4) is 0 Å². The van der Waals surface area contributed by atoms with E-state index in [2.05, 4.69) is 17.2 Å². The van der Waals surface area contributed by atoms with Gasteiger partial charge >= 0.3 is 0 Å². The molecule has 0 aliphatic heterocycles. The molecule has 94 valence electrons. The Morgan fingerprint density at radius 3 is 2.47 bits per heavy atom. The van der Waals surface area contributed by atoms with E-state index >= 15 is 0 Å². The monoisotopic (exact) mass is 272 g/mol. The second-order valence-electron chi connectivity index (χ2n) is 5.03. The van der Waals surface area contributed by atoms with E-state index in [1.807, 2.05) is 13.0 Å². The molecule has 0 saturated heterocycles. The van der Waals surface area contributed by atoms with Gasteiger partial charge in [-0.25, -0.2) is 4.98 Å². The zero-order valence-electron chi connectivity index (χ0n) is 10.3. The predicted octanol–water partition coefficient (Wildman–Crippen LogP) is 4.69. The van der Waals surface area contributed by atoms with Gasteiger partial charge in [0.05, 0.1) is 5.69 Å². The molecule has 0 atom stereocenters. The Balaban J connectivity index is 2.08. The van der Waals surface area contributed by atoms with E-state index in [0.29, 0.717) is 16.3 Å². The van der Waals surface area contributed by atoms with Gasteiger partial charge in [-0.15, -0.1) is 0 Å². The van der Waals surface area contributed by atoms with Crippen molar-refractivity contribution in [2.45, 2.75) is 45.6 Å². The highest BCUT2D eigenvalue weighted by molar-refractivity contribution is 6.34. The standard InChI is InChI=1S/C13H18Cl2N2/c1-8-3-5-10(6-4-8)16-12-9(2)7-11(14)17-13(12)15/h7-8,10,16H,3-6H2,1-2H3. The van der Waals surface area contributed by atoms with Crippen LogP contribution in [0.15, 0.2) is 6.07 Å². The average Bonchev–Trinajstić information content (AvgIpc) is 2.26. The van der Waals surface area contributed by atoms with Crippen LogP contribution in [0.1, 0.15) is 38.2 Å². The van der Waals surface area contributed by atoms with Crippen LogP contribution in [0, 0.1) is 12.8 Å². The minimum absolute atomic E-state index is 0.454. The van der Waals surface area contributed by atoms with Crippen LogP contribution in [0.25, 0.3) is 0 Å². The summed E-state index contributed by atoms with van der Waals surface area (Å²) in [7, 11) is 0. The number of nitrogens with zero attached hydrogens (tertiary/aromatic N) is 1. The molecule has 0 amide bonds. The smallest absolute Gasteiger partial charge is 0.154 e. The Hall–Kier alpha value is -0.470. The molecule has 0 unspecified atom stereocenters. The predicted molar refractivity (Wildman–Crippen MR) is 74.0 cm³/mol. The van der Waals surface area contributed by atoms with Crippen molar-refractivity contribution in [2.24, 2.45) is 5.92 Å². The van der Waals surface area contributed by atoms with Gasteiger partial charge in [-0.2, -0.15) is 0 Å². The van der Waals surface area contributed by atoms with E-state index in [1.165, 1.54) is 25.7 Å². The van der Waals surface area contributed by atoms with Gasteiger partial charge in [0.1, 0.15) is 5.15 Å². The van der Waals surface area contributed by atoms with Gasteiger partial charge in [0, 0.05) is 6.04 Å². The lowest BCUT2D eigenvalue weighted by atomic mass is 9.87. The maximum Gasteiger partial charge on any atom is 0.154 e. The fourth-order valence-electron chi connectivity index (χ4n) is 2.38. The number of pyridine rings is 1. The Morgan fingerprint density at radius 1 is 1.24 bits per heavy atom. The van der Waals surface area contributed by atoms with E-state index in [4.69, 9.17) is 23.2 Å². The number of anilines is 1. The van der Waals surface area contributed by atoms with E-state index in [0.717, 1.165) is 17.2 Å². The minimum Gasteiger partial charge on any atom is -0.380 e. The highest BCUT2D eigenvalue weighted by atomic mass is 35.5. The molecule has 1 aromatic rings. The van der Waals surface area contributed by atoms with Crippen molar-refractivity contribution in [2.75, 3.05) is 5.32 Å². The summed E-state index contributed by atoms with van der Waals surface area (Å²) in [6.07, 6.45) is 4.99. The zero-order chi connectivity index (χ0) is 12.4. The van der Waals surface area contributed by atoms with E-state index in [9.17, 15) is 0 Å². The molecule has 2 rings (SSSR count). The van der Waals surface area contributed by atoms with Crippen LogP contribution in [0.3, 0.4) is 0 Å². The lowest BCUT2D eigenvalue weighted by Gasteiger charge is -2.28. The molecule has 0 spiro atoms. The van der Waals surface area contributed by atoms with Gasteiger partial charge < -0.3 is 5.32 Å². The Kier molecular flexibility index (Phi) is 4.16. The van der Waals surface area contributed by atoms with Gasteiger partial charge in [-0.3, -0.25) is 0 Å². The van der Waals surface area contributed by atoms with Crippen molar-refractivity contribution in [1.82, 2.24) is 4.98 Å². The molecular weight excluding hydrogens is 255 g/mol. The third-order valence-corrected chi connectivity index (χ3v) is 3.97. The van der Waals surface area contributed by atoms with E-state index in [-0.39, 0.29) is 0 Å². The van der Waals surface area contributed by atoms with Crippen molar-refractivity contribution in [1.29, 1.82) is 0 Å². The van der Waals surface area contributed by atoms with Gasteiger partial charge in [-0.1, -0.05) is 30.1 Å². The Labute approximate surface area is 113 Å². The van der Waals surface area contributed by atoms with Crippen LogP contribution in [0.2, 0.25) is 10.3 Å². The van der Waals surface area contributed by atoms with Crippen LogP contribution in [0.5, 0.6) is 0 Å². The average molecular weight is 273 g/mol. The number of hydrogen-bond acceptors (Lipinski definition) is 2. The molecule has 1 aliphatic carbocycles. The number of halogens is 2. The molecule has 1 saturated carbocycles. The number of hydrogen-bond donors (Lipinski definition) is 1. The summed E-state index contributed by atoms with van der Waals surface area (Å²) in [5.74, 6) is 0.855. The summed E-state index contributed by atoms with van der Waals surface area (Å²) in [4.78, 5) is 4.08. The molecule has 2 nitrogen and oxygen atoms in total. The lowest BCUT2D eigenvalue weighted by Crippen LogP contribution is -2.25. The largest absolute Gasteiger partial charge is 0.380 e. The second kappa shape index (κ2) is 5.45. The summed E-state index contributed by atoms with van der Waals surface area (Å²) in [6.45, 7) is 4.32. The molecule has 1 aromatic heterocycles. The maximum absolute atomic E-state index is 6.12. The highest BCUT2D eigenvalue weighted by Gasteiger charge is 2.19. The van der Waals surface area contributed by atoms with Crippen LogP contribution < -0.4 is 5.32 Å². The third kappa shape index (κ3) is 3.26. The van der Waals surface area contributed by atoms with Crippen LogP contribution in [-0.4, -0.2) is 11.0 Å². The van der Waals surface area contributed by atoms with Crippen LogP contribution in [0.4, 0.5) is 5.69 Å². The summed E-state index contributed by atoms with van der Waals surface area (Å²) < 4.78 is 0. The molecule has 1 fully saturated rings. The van der Waals surface area contributed by atoms with Crippen LogP contribution >= 0.6 is 23.2 Å². The van der Waals surface area contributed by atoms with Gasteiger partial charge in [0.2, 0.25) is 0 Å². The highest BCUT2D eigenvalue weighted by Crippen LogP contribution is 2.31. The first-order valence-corrected chi connectivity index (χ1v) is 6.91. The minimum atomic E-state index is 0.454. The fourth-order valence-corrected chi connectivity index (χ4v) is 2.96. The molecule has 0 aromatic carbocycles. The normalized spacial score (nSPS) is 24.7. The number of rotatable bonds is 2. The molecule has 0 bridgehead atoms. The first kappa shape index (κ1) is 13.0. The summed E-state index contributed by atoms with van der Waals surface area (Å²) in [6, 6.07) is 2.37. The fraction of sp³-hybridized carbons (Fsp3) is 0.615. The lowest BCUT2D eigenvalue weighted by molar-refractivity contribution is 0.361. The SMILES string of the molecule is Cc1cc(Cl)nc(Cl)c1NC1CCC(C)CC1. The zero-order valence-corrected chi connectivity index (χ0v) is 11.8. The van der Waals surface area contributed by atoms with Crippen molar-refractivity contribution < 1.29 is 0 Å². The Morgan fingerprint density at radius 2 is 1.88 bits per heavy atom. The summed E-state index contributed by atoms with van der Waals surface area (Å²) in [5, 5.41) is 4.45. The third-order valence-electron chi connectivity index (χ3n) is 3.51. The molecule has 1 N–H and O–H groups in total. The number of aryl methyl sites for hydroxylation is 1.